The summed E-state index contributed by atoms with van der Waals surface area (Å²) in [5.74, 6) is 1.94. The summed E-state index contributed by atoms with van der Waals surface area (Å²) in [5, 5.41) is 15.3. The van der Waals surface area contributed by atoms with Crippen LogP contribution >= 0.6 is 0 Å². The quantitative estimate of drug-likeness (QED) is 0.413. The van der Waals surface area contributed by atoms with Gasteiger partial charge in [-0.25, -0.2) is 4.68 Å². The molecule has 1 heterocycles. The molecule has 0 aliphatic heterocycles. The summed E-state index contributed by atoms with van der Waals surface area (Å²) in [5.41, 5.74) is 4.01. The number of hydrogen-bond donors (Lipinski definition) is 1. The first kappa shape index (κ1) is 25.0. The largest absolute Gasteiger partial charge is 0.439 e. The van der Waals surface area contributed by atoms with Gasteiger partial charge < -0.3 is 14.6 Å². The van der Waals surface area contributed by atoms with Crippen LogP contribution in [0.2, 0.25) is 0 Å². The van der Waals surface area contributed by atoms with Gasteiger partial charge in [-0.2, -0.15) is 5.10 Å². The predicted octanol–water partition coefficient (Wildman–Crippen LogP) is 5.14. The van der Waals surface area contributed by atoms with E-state index in [1.165, 1.54) is 0 Å². The lowest BCUT2D eigenvalue weighted by Crippen LogP contribution is -2.37. The third kappa shape index (κ3) is 7.16. The van der Waals surface area contributed by atoms with Crippen LogP contribution in [-0.2, 0) is 11.3 Å². The molecule has 6 heteroatoms. The van der Waals surface area contributed by atoms with E-state index in [9.17, 15) is 5.11 Å². The van der Waals surface area contributed by atoms with Gasteiger partial charge in [0.1, 0.15) is 5.75 Å². The van der Waals surface area contributed by atoms with Gasteiger partial charge in [0.2, 0.25) is 5.88 Å². The molecule has 0 bridgehead atoms. The Kier molecular flexibility index (Phi) is 9.06. The van der Waals surface area contributed by atoms with Crippen molar-refractivity contribution in [3.8, 4) is 17.3 Å². The number of benzene rings is 2. The highest BCUT2D eigenvalue weighted by molar-refractivity contribution is 5.43. The fourth-order valence-corrected chi connectivity index (χ4v) is 3.91. The van der Waals surface area contributed by atoms with Gasteiger partial charge in [0, 0.05) is 26.2 Å². The topological polar surface area (TPSA) is 59.8 Å². The second-order valence-corrected chi connectivity index (χ2v) is 8.94. The van der Waals surface area contributed by atoms with Crippen LogP contribution in [-0.4, -0.2) is 52.2 Å². The smallest absolute Gasteiger partial charge is 0.227 e. The molecule has 0 saturated carbocycles. The second-order valence-electron chi connectivity index (χ2n) is 8.94. The summed E-state index contributed by atoms with van der Waals surface area (Å²) >= 11 is 0. The summed E-state index contributed by atoms with van der Waals surface area (Å²) in [7, 11) is 0. The monoisotopic (exact) mass is 451 g/mol. The standard InChI is InChI=1S/C27H37N3O3/c1-6-32-19-24(31)17-29(16-20(2)3)18-26-22(5)28-30(23-12-8-7-9-13-23)27(26)33-25-14-10-11-21(4)15-25/h7-15,20,24,31H,6,16-19H2,1-5H3/t24-/m1/s1. The molecule has 33 heavy (non-hydrogen) atoms. The average molecular weight is 452 g/mol. The summed E-state index contributed by atoms with van der Waals surface area (Å²) < 4.78 is 13.8. The number of aliphatic hydroxyl groups excluding tert-OH is 1. The van der Waals surface area contributed by atoms with Crippen LogP contribution in [0.5, 0.6) is 11.6 Å². The molecule has 0 aliphatic carbocycles. The molecule has 1 N–H and O–H groups in total. The zero-order valence-corrected chi connectivity index (χ0v) is 20.5. The van der Waals surface area contributed by atoms with Crippen molar-refractivity contribution in [1.82, 2.24) is 14.7 Å². The molecule has 3 rings (SSSR count). The van der Waals surface area contributed by atoms with Crippen LogP contribution < -0.4 is 4.74 Å². The van der Waals surface area contributed by atoms with Crippen LogP contribution in [0.25, 0.3) is 5.69 Å². The highest BCUT2D eigenvalue weighted by Crippen LogP contribution is 2.32. The maximum Gasteiger partial charge on any atom is 0.227 e. The van der Waals surface area contributed by atoms with Crippen LogP contribution in [0, 0.1) is 19.8 Å². The van der Waals surface area contributed by atoms with Crippen molar-refractivity contribution in [2.75, 3.05) is 26.3 Å². The van der Waals surface area contributed by atoms with Gasteiger partial charge in [-0.15, -0.1) is 0 Å². The number of para-hydroxylation sites is 1. The first-order valence-corrected chi connectivity index (χ1v) is 11.7. The molecular formula is C27H37N3O3. The van der Waals surface area contributed by atoms with Crippen LogP contribution in [0.1, 0.15) is 37.6 Å². The molecular weight excluding hydrogens is 414 g/mol. The van der Waals surface area contributed by atoms with Gasteiger partial charge >= 0.3 is 0 Å². The normalized spacial score (nSPS) is 12.5. The van der Waals surface area contributed by atoms with E-state index in [2.05, 4.69) is 31.7 Å². The van der Waals surface area contributed by atoms with Gasteiger partial charge in [-0.1, -0.05) is 44.2 Å². The lowest BCUT2D eigenvalue weighted by Gasteiger charge is -2.27. The Labute approximate surface area is 197 Å². The van der Waals surface area contributed by atoms with E-state index in [1.807, 2.05) is 67.1 Å². The number of nitrogens with zero attached hydrogens (tertiary/aromatic N) is 3. The second kappa shape index (κ2) is 12.0. The van der Waals surface area contributed by atoms with E-state index in [4.69, 9.17) is 14.6 Å². The zero-order chi connectivity index (χ0) is 23.8. The molecule has 2 aromatic carbocycles. The molecule has 0 aliphatic rings. The summed E-state index contributed by atoms with van der Waals surface area (Å²) in [6.45, 7) is 13.3. The van der Waals surface area contributed by atoms with E-state index in [0.29, 0.717) is 38.1 Å². The molecule has 6 nitrogen and oxygen atoms in total. The molecule has 178 valence electrons. The van der Waals surface area contributed by atoms with Crippen molar-refractivity contribution in [2.45, 2.75) is 47.3 Å². The Morgan fingerprint density at radius 1 is 1.03 bits per heavy atom. The summed E-state index contributed by atoms with van der Waals surface area (Å²) in [4.78, 5) is 2.26. The fraction of sp³-hybridized carbons (Fsp3) is 0.444. The number of hydrogen-bond acceptors (Lipinski definition) is 5. The van der Waals surface area contributed by atoms with Crippen molar-refractivity contribution < 1.29 is 14.6 Å². The number of ether oxygens (including phenoxy) is 2. The number of aliphatic hydroxyl groups is 1. The first-order chi connectivity index (χ1) is 15.9. The summed E-state index contributed by atoms with van der Waals surface area (Å²) in [6.07, 6.45) is -0.547. The number of aryl methyl sites for hydroxylation is 2. The molecule has 1 atom stereocenters. The maximum absolute atomic E-state index is 10.5. The van der Waals surface area contributed by atoms with Crippen LogP contribution in [0.3, 0.4) is 0 Å². The van der Waals surface area contributed by atoms with Gasteiger partial charge in [0.25, 0.3) is 0 Å². The molecule has 0 saturated heterocycles. The Hall–Kier alpha value is -2.67. The van der Waals surface area contributed by atoms with E-state index in [1.54, 1.807) is 0 Å². The zero-order valence-electron chi connectivity index (χ0n) is 20.5. The van der Waals surface area contributed by atoms with E-state index in [-0.39, 0.29) is 0 Å². The minimum Gasteiger partial charge on any atom is -0.439 e. The van der Waals surface area contributed by atoms with Crippen molar-refractivity contribution in [3.05, 3.63) is 71.4 Å². The van der Waals surface area contributed by atoms with Crippen molar-refractivity contribution in [3.63, 3.8) is 0 Å². The Morgan fingerprint density at radius 2 is 1.79 bits per heavy atom. The lowest BCUT2D eigenvalue weighted by atomic mass is 10.1. The molecule has 1 aromatic heterocycles. The fourth-order valence-electron chi connectivity index (χ4n) is 3.91. The summed E-state index contributed by atoms with van der Waals surface area (Å²) in [6, 6.07) is 18.1. The minimum atomic E-state index is -0.547. The van der Waals surface area contributed by atoms with Gasteiger partial charge in [-0.05, 0) is 56.5 Å². The highest BCUT2D eigenvalue weighted by Gasteiger charge is 2.23. The maximum atomic E-state index is 10.5. The third-order valence-corrected chi connectivity index (χ3v) is 5.33. The molecule has 3 aromatic rings. The van der Waals surface area contributed by atoms with Gasteiger partial charge in [0.05, 0.1) is 29.7 Å². The Bertz CT molecular complexity index is 1000. The average Bonchev–Trinajstić information content (AvgIpc) is 3.07. The number of rotatable bonds is 12. The first-order valence-electron chi connectivity index (χ1n) is 11.7. The predicted molar refractivity (Wildman–Crippen MR) is 132 cm³/mol. The van der Waals surface area contributed by atoms with Gasteiger partial charge in [0.15, 0.2) is 0 Å². The minimum absolute atomic E-state index is 0.333. The Morgan fingerprint density at radius 3 is 2.45 bits per heavy atom. The highest BCUT2D eigenvalue weighted by atomic mass is 16.5. The molecule has 0 spiro atoms. The molecule has 0 radical (unpaired) electrons. The van der Waals surface area contributed by atoms with Crippen LogP contribution in [0.15, 0.2) is 54.6 Å². The van der Waals surface area contributed by atoms with Crippen LogP contribution in [0.4, 0.5) is 0 Å². The molecule has 0 amide bonds. The SMILES string of the molecule is CCOC[C@H](O)CN(Cc1c(C)nn(-c2ccccc2)c1Oc1cccc(C)c1)CC(C)C. The molecule has 0 fully saturated rings. The van der Waals surface area contributed by atoms with Crippen molar-refractivity contribution in [1.29, 1.82) is 0 Å². The van der Waals surface area contributed by atoms with E-state index in [0.717, 1.165) is 34.8 Å². The molecule has 0 unspecified atom stereocenters. The third-order valence-electron chi connectivity index (χ3n) is 5.33. The van der Waals surface area contributed by atoms with Crippen molar-refractivity contribution in [2.24, 2.45) is 5.92 Å². The van der Waals surface area contributed by atoms with E-state index >= 15 is 0 Å². The Balaban J connectivity index is 1.97. The number of aromatic nitrogens is 2. The van der Waals surface area contributed by atoms with Crippen molar-refractivity contribution >= 4 is 0 Å². The lowest BCUT2D eigenvalue weighted by molar-refractivity contribution is 0.0173. The van der Waals surface area contributed by atoms with Gasteiger partial charge in [-0.3, -0.25) is 4.90 Å². The van der Waals surface area contributed by atoms with E-state index < -0.39 is 6.10 Å².